The van der Waals surface area contributed by atoms with Crippen LogP contribution in [0.3, 0.4) is 0 Å². The molecule has 23 heavy (non-hydrogen) atoms. The summed E-state index contributed by atoms with van der Waals surface area (Å²) in [5, 5.41) is 2.87. The zero-order valence-electron chi connectivity index (χ0n) is 13.3. The van der Waals surface area contributed by atoms with Crippen molar-refractivity contribution < 1.29 is 9.59 Å². The fourth-order valence-electron chi connectivity index (χ4n) is 3.47. The van der Waals surface area contributed by atoms with Gasteiger partial charge in [-0.3, -0.25) is 23.5 Å². The predicted octanol–water partition coefficient (Wildman–Crippen LogP) is -1.17. The van der Waals surface area contributed by atoms with E-state index in [0.717, 1.165) is 17.4 Å². The van der Waals surface area contributed by atoms with E-state index >= 15 is 0 Å². The summed E-state index contributed by atoms with van der Waals surface area (Å²) in [5.74, 6) is -0.380. The van der Waals surface area contributed by atoms with Gasteiger partial charge in [0, 0.05) is 39.8 Å². The van der Waals surface area contributed by atoms with Crippen molar-refractivity contribution in [2.75, 3.05) is 19.6 Å². The van der Waals surface area contributed by atoms with Crippen LogP contribution in [-0.2, 0) is 18.9 Å². The second-order valence-corrected chi connectivity index (χ2v) is 6.38. The van der Waals surface area contributed by atoms with E-state index in [4.69, 9.17) is 0 Å². The lowest BCUT2D eigenvalue weighted by Gasteiger charge is -2.32. The normalized spacial score (nSPS) is 24.1. The Morgan fingerprint density at radius 2 is 1.91 bits per heavy atom. The SMILES string of the molecule is Cn1c(C(=O)N2CC[C@]3(CCCNC3=O)C2)cc(=O)n(C)c1=O. The fraction of sp³-hybridized carbons (Fsp3) is 0.600. The van der Waals surface area contributed by atoms with Gasteiger partial charge in [0.15, 0.2) is 0 Å². The molecular formula is C15H20N4O4. The van der Waals surface area contributed by atoms with Crippen LogP contribution in [0.2, 0.25) is 0 Å². The van der Waals surface area contributed by atoms with Crippen molar-refractivity contribution in [2.45, 2.75) is 19.3 Å². The molecule has 0 saturated carbocycles. The monoisotopic (exact) mass is 320 g/mol. The van der Waals surface area contributed by atoms with Gasteiger partial charge >= 0.3 is 5.69 Å². The maximum atomic E-state index is 12.7. The van der Waals surface area contributed by atoms with Gasteiger partial charge in [0.25, 0.3) is 11.5 Å². The number of amides is 2. The van der Waals surface area contributed by atoms with E-state index in [9.17, 15) is 19.2 Å². The molecule has 2 aliphatic rings. The summed E-state index contributed by atoms with van der Waals surface area (Å²) in [6.07, 6.45) is 2.28. The summed E-state index contributed by atoms with van der Waals surface area (Å²) in [6.45, 7) is 1.47. The number of piperidine rings is 1. The molecule has 0 aromatic carbocycles. The average molecular weight is 320 g/mol. The zero-order valence-corrected chi connectivity index (χ0v) is 13.3. The van der Waals surface area contributed by atoms with E-state index in [-0.39, 0.29) is 17.5 Å². The maximum absolute atomic E-state index is 12.7. The van der Waals surface area contributed by atoms with Gasteiger partial charge in [-0.2, -0.15) is 0 Å². The molecule has 8 heteroatoms. The molecule has 1 aromatic rings. The second kappa shape index (κ2) is 5.36. The predicted molar refractivity (Wildman–Crippen MR) is 82.1 cm³/mol. The van der Waals surface area contributed by atoms with Crippen molar-refractivity contribution in [1.29, 1.82) is 0 Å². The number of hydrogen-bond donors (Lipinski definition) is 1. The van der Waals surface area contributed by atoms with Gasteiger partial charge in [-0.25, -0.2) is 4.79 Å². The minimum atomic E-state index is -0.537. The Balaban J connectivity index is 1.90. The van der Waals surface area contributed by atoms with Crippen LogP contribution >= 0.6 is 0 Å². The van der Waals surface area contributed by atoms with Crippen molar-refractivity contribution in [3.8, 4) is 0 Å². The number of rotatable bonds is 1. The first kappa shape index (κ1) is 15.5. The van der Waals surface area contributed by atoms with Crippen molar-refractivity contribution in [3.63, 3.8) is 0 Å². The molecule has 0 radical (unpaired) electrons. The molecule has 0 unspecified atom stereocenters. The molecular weight excluding hydrogens is 300 g/mol. The average Bonchev–Trinajstić information content (AvgIpc) is 2.96. The number of nitrogens with zero attached hydrogens (tertiary/aromatic N) is 3. The van der Waals surface area contributed by atoms with Crippen LogP contribution < -0.4 is 16.6 Å². The third kappa shape index (κ3) is 2.38. The third-order valence-corrected chi connectivity index (χ3v) is 4.99. The highest BCUT2D eigenvalue weighted by Gasteiger charge is 2.47. The highest BCUT2D eigenvalue weighted by Crippen LogP contribution is 2.37. The summed E-state index contributed by atoms with van der Waals surface area (Å²) < 4.78 is 2.13. The lowest BCUT2D eigenvalue weighted by atomic mass is 9.79. The number of hydrogen-bond acceptors (Lipinski definition) is 4. The van der Waals surface area contributed by atoms with Crippen LogP contribution in [0.5, 0.6) is 0 Å². The molecule has 2 aliphatic heterocycles. The van der Waals surface area contributed by atoms with Gasteiger partial charge in [0.2, 0.25) is 5.91 Å². The molecule has 1 spiro atoms. The Kier molecular flexibility index (Phi) is 3.62. The number of carbonyl (C=O) groups excluding carboxylic acids is 2. The largest absolute Gasteiger partial charge is 0.356 e. The lowest BCUT2D eigenvalue weighted by molar-refractivity contribution is -0.132. The molecule has 2 fully saturated rings. The van der Waals surface area contributed by atoms with Gasteiger partial charge in [-0.05, 0) is 19.3 Å². The van der Waals surface area contributed by atoms with Crippen molar-refractivity contribution >= 4 is 11.8 Å². The molecule has 3 heterocycles. The zero-order chi connectivity index (χ0) is 16.8. The number of likely N-dealkylation sites (tertiary alicyclic amines) is 1. The highest BCUT2D eigenvalue weighted by molar-refractivity contribution is 5.94. The Morgan fingerprint density at radius 1 is 1.17 bits per heavy atom. The minimum Gasteiger partial charge on any atom is -0.356 e. The Hall–Kier alpha value is -2.38. The minimum absolute atomic E-state index is 0.00286. The Bertz CT molecular complexity index is 794. The first-order valence-electron chi connectivity index (χ1n) is 7.70. The molecule has 1 aromatic heterocycles. The van der Waals surface area contributed by atoms with Gasteiger partial charge < -0.3 is 10.2 Å². The van der Waals surface area contributed by atoms with Crippen LogP contribution in [0.4, 0.5) is 0 Å². The van der Waals surface area contributed by atoms with Crippen molar-refractivity contribution in [2.24, 2.45) is 19.5 Å². The topological polar surface area (TPSA) is 93.4 Å². The molecule has 0 bridgehead atoms. The van der Waals surface area contributed by atoms with E-state index < -0.39 is 16.7 Å². The molecule has 0 aliphatic carbocycles. The lowest BCUT2D eigenvalue weighted by Crippen LogP contribution is -2.48. The van der Waals surface area contributed by atoms with Crippen molar-refractivity contribution in [1.82, 2.24) is 19.4 Å². The Morgan fingerprint density at radius 3 is 2.61 bits per heavy atom. The van der Waals surface area contributed by atoms with Crippen LogP contribution in [0, 0.1) is 5.41 Å². The Labute approximate surface area is 132 Å². The quantitative estimate of drug-likeness (QED) is 0.705. The molecule has 3 rings (SSSR count). The molecule has 8 nitrogen and oxygen atoms in total. The van der Waals surface area contributed by atoms with Gasteiger partial charge in [0.05, 0.1) is 5.41 Å². The van der Waals surface area contributed by atoms with Gasteiger partial charge in [-0.15, -0.1) is 0 Å². The summed E-state index contributed by atoms with van der Waals surface area (Å²) in [4.78, 5) is 50.2. The summed E-state index contributed by atoms with van der Waals surface area (Å²) in [5.41, 5.74) is -1.51. The van der Waals surface area contributed by atoms with E-state index in [1.165, 1.54) is 24.7 Å². The third-order valence-electron chi connectivity index (χ3n) is 4.99. The first-order chi connectivity index (χ1) is 10.9. The number of carbonyl (C=O) groups is 2. The van der Waals surface area contributed by atoms with E-state index in [1.54, 1.807) is 4.90 Å². The number of aromatic nitrogens is 2. The van der Waals surface area contributed by atoms with Gasteiger partial charge in [-0.1, -0.05) is 0 Å². The second-order valence-electron chi connectivity index (χ2n) is 6.38. The molecule has 1 atom stereocenters. The van der Waals surface area contributed by atoms with E-state index in [0.29, 0.717) is 26.1 Å². The number of nitrogens with one attached hydrogen (secondary N) is 1. The van der Waals surface area contributed by atoms with Crippen LogP contribution in [-0.4, -0.2) is 45.5 Å². The standard InChI is InChI=1S/C15H20N4O4/c1-17-10(8-11(20)18(2)14(17)23)12(21)19-7-5-15(9-19)4-3-6-16-13(15)22/h8H,3-7,9H2,1-2H3,(H,16,22)/t15-/m1/s1. The van der Waals surface area contributed by atoms with Crippen molar-refractivity contribution in [3.05, 3.63) is 32.6 Å². The highest BCUT2D eigenvalue weighted by atomic mass is 16.2. The van der Waals surface area contributed by atoms with E-state index in [2.05, 4.69) is 5.32 Å². The molecule has 2 amide bonds. The molecule has 2 saturated heterocycles. The van der Waals surface area contributed by atoms with Crippen LogP contribution in [0.25, 0.3) is 0 Å². The van der Waals surface area contributed by atoms with Gasteiger partial charge in [0.1, 0.15) is 5.69 Å². The molecule has 1 N–H and O–H groups in total. The smallest absolute Gasteiger partial charge is 0.331 e. The summed E-state index contributed by atoms with van der Waals surface area (Å²) in [6, 6.07) is 1.18. The maximum Gasteiger partial charge on any atom is 0.331 e. The fourth-order valence-corrected chi connectivity index (χ4v) is 3.47. The van der Waals surface area contributed by atoms with Crippen LogP contribution in [0.1, 0.15) is 29.8 Å². The summed E-state index contributed by atoms with van der Waals surface area (Å²) in [7, 11) is 2.84. The van der Waals surface area contributed by atoms with Crippen LogP contribution in [0.15, 0.2) is 15.7 Å². The van der Waals surface area contributed by atoms with E-state index in [1.807, 2.05) is 0 Å². The summed E-state index contributed by atoms with van der Waals surface area (Å²) >= 11 is 0. The first-order valence-corrected chi connectivity index (χ1v) is 7.70. The molecule has 124 valence electrons.